The number of aromatic amines is 1. The number of alkyl halides is 1. The molecule has 4 aromatic rings. The van der Waals surface area contributed by atoms with E-state index in [0.29, 0.717) is 22.5 Å². The summed E-state index contributed by atoms with van der Waals surface area (Å²) in [7, 11) is 0. The Hall–Kier alpha value is -3.81. The predicted molar refractivity (Wildman–Crippen MR) is 134 cm³/mol. The number of pyridine rings is 2. The van der Waals surface area contributed by atoms with Gasteiger partial charge in [-0.05, 0) is 73.2 Å². The van der Waals surface area contributed by atoms with Crippen molar-refractivity contribution in [3.8, 4) is 16.9 Å². The Morgan fingerprint density at radius 1 is 1.17 bits per heavy atom. The molecule has 0 atom stereocenters. The summed E-state index contributed by atoms with van der Waals surface area (Å²) >= 11 is 0. The van der Waals surface area contributed by atoms with Crippen molar-refractivity contribution in [2.24, 2.45) is 0 Å². The molecule has 184 valence electrons. The van der Waals surface area contributed by atoms with Crippen molar-refractivity contribution in [3.05, 3.63) is 81.3 Å². The van der Waals surface area contributed by atoms with Gasteiger partial charge in [-0.1, -0.05) is 13.0 Å². The number of likely N-dealkylation sites (tertiary alicyclic amines) is 1. The third kappa shape index (κ3) is 3.81. The number of benzene rings is 1. The van der Waals surface area contributed by atoms with Gasteiger partial charge in [-0.2, -0.15) is 0 Å². The van der Waals surface area contributed by atoms with Crippen molar-refractivity contribution in [3.63, 3.8) is 0 Å². The number of carbonyl (C=O) groups excluding carboxylic acids is 1. The second kappa shape index (κ2) is 8.40. The van der Waals surface area contributed by atoms with Crippen LogP contribution in [0.5, 0.6) is 0 Å². The van der Waals surface area contributed by atoms with Crippen LogP contribution in [0.1, 0.15) is 53.0 Å². The van der Waals surface area contributed by atoms with Gasteiger partial charge in [0.05, 0.1) is 18.7 Å². The number of aryl methyl sites for hydroxylation is 2. The zero-order valence-electron chi connectivity index (χ0n) is 20.1. The van der Waals surface area contributed by atoms with Crippen LogP contribution in [-0.2, 0) is 6.42 Å². The van der Waals surface area contributed by atoms with Gasteiger partial charge in [-0.25, -0.2) is 13.8 Å². The highest BCUT2D eigenvalue weighted by Gasteiger charge is 2.33. The fourth-order valence-electron chi connectivity index (χ4n) is 4.90. The van der Waals surface area contributed by atoms with Crippen molar-refractivity contribution in [2.75, 3.05) is 13.1 Å². The number of aromatic nitrogens is 3. The highest BCUT2D eigenvalue weighted by Crippen LogP contribution is 2.41. The lowest BCUT2D eigenvalue weighted by Gasteiger charge is -2.34. The molecule has 1 amide bonds. The van der Waals surface area contributed by atoms with E-state index in [2.05, 4.69) is 4.98 Å². The summed E-state index contributed by atoms with van der Waals surface area (Å²) in [6.07, 6.45) is 3.53. The lowest BCUT2D eigenvalue weighted by Crippen LogP contribution is -2.51. The van der Waals surface area contributed by atoms with E-state index in [1.165, 1.54) is 21.6 Å². The Morgan fingerprint density at radius 3 is 2.64 bits per heavy atom. The van der Waals surface area contributed by atoms with Gasteiger partial charge >= 0.3 is 0 Å². The van der Waals surface area contributed by atoms with Crippen molar-refractivity contribution in [1.29, 1.82) is 0 Å². The average Bonchev–Trinajstić information content (AvgIpc) is 3.61. The van der Waals surface area contributed by atoms with Gasteiger partial charge in [0, 0.05) is 28.9 Å². The second-order valence-corrected chi connectivity index (χ2v) is 9.83. The maximum atomic E-state index is 14.2. The van der Waals surface area contributed by atoms with Crippen molar-refractivity contribution < 1.29 is 13.6 Å². The number of nitrogens with zero attached hydrogens (tertiary/aromatic N) is 3. The number of amides is 1. The van der Waals surface area contributed by atoms with E-state index in [9.17, 15) is 18.4 Å². The molecule has 2 aliphatic rings. The number of hydrogen-bond acceptors (Lipinski definition) is 3. The summed E-state index contributed by atoms with van der Waals surface area (Å²) in [6, 6.07) is 9.77. The van der Waals surface area contributed by atoms with Crippen LogP contribution in [-0.4, -0.2) is 44.6 Å². The molecule has 36 heavy (non-hydrogen) atoms. The standard InChI is InChI=1S/C28H26F2N4O2/c1-3-20-11-22-15(2)12-34(28(36)26(22)31-20)25-9-17(8-24(32-25)16-4-5-16)21-7-6-18(29)10-23(21)27(35)33-13-19(30)14-33/h6-12,16,19,31H,3-5,13-14H2,1-2H3. The second-order valence-electron chi connectivity index (χ2n) is 9.83. The number of fused-ring (bicyclic) bond motifs is 1. The minimum atomic E-state index is -1.05. The van der Waals surface area contributed by atoms with Crippen LogP contribution in [0.25, 0.3) is 27.8 Å². The van der Waals surface area contributed by atoms with E-state index < -0.39 is 17.9 Å². The molecule has 6 rings (SSSR count). The molecule has 0 bridgehead atoms. The SMILES string of the molecule is CCc1cc2c(C)cn(-c3cc(-c4ccc(F)cc4C(=O)N4CC(F)C4)cc(C4CC4)n3)c(=O)c2[nH]1. The Bertz CT molecular complexity index is 1580. The Kier molecular flexibility index (Phi) is 5.28. The minimum absolute atomic E-state index is 0.00822. The number of nitrogens with one attached hydrogen (secondary N) is 1. The summed E-state index contributed by atoms with van der Waals surface area (Å²) < 4.78 is 29.2. The van der Waals surface area contributed by atoms with E-state index >= 15 is 0 Å². The quantitative estimate of drug-likeness (QED) is 0.427. The third-order valence-corrected chi connectivity index (χ3v) is 7.16. The van der Waals surface area contributed by atoms with E-state index in [0.717, 1.165) is 41.6 Å². The lowest BCUT2D eigenvalue weighted by molar-refractivity contribution is 0.0400. The van der Waals surface area contributed by atoms with Gasteiger partial charge in [0.2, 0.25) is 0 Å². The topological polar surface area (TPSA) is 71.0 Å². The lowest BCUT2D eigenvalue weighted by atomic mass is 9.96. The van der Waals surface area contributed by atoms with Crippen LogP contribution >= 0.6 is 0 Å². The third-order valence-electron chi connectivity index (χ3n) is 7.16. The number of H-pyrrole nitrogens is 1. The molecular weight excluding hydrogens is 462 g/mol. The maximum Gasteiger partial charge on any atom is 0.280 e. The monoisotopic (exact) mass is 488 g/mol. The maximum absolute atomic E-state index is 14.2. The number of rotatable bonds is 5. The molecule has 0 unspecified atom stereocenters. The Morgan fingerprint density at radius 2 is 1.94 bits per heavy atom. The molecule has 1 aliphatic carbocycles. The van der Waals surface area contributed by atoms with Crippen molar-refractivity contribution in [2.45, 2.75) is 45.2 Å². The van der Waals surface area contributed by atoms with Gasteiger partial charge in [-0.15, -0.1) is 0 Å². The number of hydrogen-bond donors (Lipinski definition) is 1. The fraction of sp³-hybridized carbons (Fsp3) is 0.321. The predicted octanol–water partition coefficient (Wildman–Crippen LogP) is 5.06. The molecule has 1 saturated carbocycles. The molecule has 4 heterocycles. The molecule has 0 radical (unpaired) electrons. The van der Waals surface area contributed by atoms with Gasteiger partial charge in [0.15, 0.2) is 0 Å². The molecule has 8 heteroatoms. The fourth-order valence-corrected chi connectivity index (χ4v) is 4.90. The summed E-state index contributed by atoms with van der Waals surface area (Å²) in [6.45, 7) is 4.00. The number of carbonyl (C=O) groups is 1. The molecule has 3 aromatic heterocycles. The largest absolute Gasteiger partial charge is 0.354 e. The summed E-state index contributed by atoms with van der Waals surface area (Å²) in [5.41, 5.74) is 4.48. The minimum Gasteiger partial charge on any atom is -0.354 e. The van der Waals surface area contributed by atoms with Gasteiger partial charge in [0.25, 0.3) is 11.5 Å². The molecule has 2 fully saturated rings. The number of halogens is 2. The Labute approximate surface area is 206 Å². The van der Waals surface area contributed by atoms with Crippen LogP contribution in [0.4, 0.5) is 8.78 Å². The van der Waals surface area contributed by atoms with Crippen LogP contribution < -0.4 is 5.56 Å². The van der Waals surface area contributed by atoms with Crippen molar-refractivity contribution in [1.82, 2.24) is 19.4 Å². The first-order chi connectivity index (χ1) is 17.3. The van der Waals surface area contributed by atoms with Gasteiger partial charge in [-0.3, -0.25) is 14.2 Å². The highest BCUT2D eigenvalue weighted by molar-refractivity contribution is 6.01. The Balaban J connectivity index is 1.52. The summed E-state index contributed by atoms with van der Waals surface area (Å²) in [4.78, 5) is 36.0. The smallest absolute Gasteiger partial charge is 0.280 e. The van der Waals surface area contributed by atoms with E-state index in [-0.39, 0.29) is 30.1 Å². The van der Waals surface area contributed by atoms with Crippen LogP contribution in [0.2, 0.25) is 0 Å². The summed E-state index contributed by atoms with van der Waals surface area (Å²) in [5.74, 6) is -0.208. The summed E-state index contributed by atoms with van der Waals surface area (Å²) in [5, 5.41) is 0.888. The molecule has 1 aromatic carbocycles. The van der Waals surface area contributed by atoms with Gasteiger partial charge < -0.3 is 9.88 Å². The normalized spacial score (nSPS) is 15.9. The van der Waals surface area contributed by atoms with E-state index in [1.807, 2.05) is 26.0 Å². The molecule has 0 spiro atoms. The molecular formula is C28H26F2N4O2. The molecule has 1 saturated heterocycles. The zero-order valence-corrected chi connectivity index (χ0v) is 20.1. The molecule has 6 nitrogen and oxygen atoms in total. The molecule has 1 aliphatic heterocycles. The van der Waals surface area contributed by atoms with Crippen molar-refractivity contribution >= 4 is 16.8 Å². The highest BCUT2D eigenvalue weighted by atomic mass is 19.1. The first-order valence-electron chi connectivity index (χ1n) is 12.3. The first-order valence-corrected chi connectivity index (χ1v) is 12.3. The molecule has 1 N–H and O–H groups in total. The van der Waals surface area contributed by atoms with Gasteiger partial charge in [0.1, 0.15) is 23.3 Å². The van der Waals surface area contributed by atoms with E-state index in [4.69, 9.17) is 4.98 Å². The van der Waals surface area contributed by atoms with E-state index in [1.54, 1.807) is 18.3 Å². The van der Waals surface area contributed by atoms with Crippen LogP contribution in [0, 0.1) is 12.7 Å². The van der Waals surface area contributed by atoms with Crippen LogP contribution in [0.3, 0.4) is 0 Å². The first kappa shape index (κ1) is 22.6. The van der Waals surface area contributed by atoms with Crippen LogP contribution in [0.15, 0.2) is 47.4 Å². The zero-order chi connectivity index (χ0) is 25.1. The average molecular weight is 489 g/mol.